The molecule has 126 heavy (non-hydrogen) atoms. The van der Waals surface area contributed by atoms with Crippen LogP contribution in [0.25, 0.3) is 33.4 Å². The number of aromatic nitrogens is 5. The Morgan fingerprint density at radius 1 is 0.714 bits per heavy atom. The number of Topliss-reactive ketones (excluding diaryl/α,β-unsaturated/α-hetero) is 2. The highest BCUT2D eigenvalue weighted by Crippen LogP contribution is 2.39. The van der Waals surface area contributed by atoms with Gasteiger partial charge < -0.3 is 119 Å². The fourth-order valence-electron chi connectivity index (χ4n) is 16.8. The van der Waals surface area contributed by atoms with Gasteiger partial charge in [-0.05, 0) is 155 Å². The SMILES string of the molecule is CO[C@H]1C[C@@H]2CC[C@@H](C)[C@@](O)(O2)C(=O)C(=O)N2CCCC[C@H]2C(=O)O[C@H]([C@H](N)C[C@@H]2CC[C@@H](OC(=S)NCCOCCOCCOCCOCCOCCOCCOCCOCCC(=O)N3CCc4cc(Cn5nc(-c6ccc7oc(N)nc7c6)c6c(N)ncnc65)ccc4C3)[C@H](OC)C2)C[C@@H](O)[C@H](C)/C=C(\C)[C@@H](O)[C@@H](O)C(=O)[C@H](C)C[C@H](C)/C=C/C=CC=C1C. The number of allylic oxidation sites excluding steroid dienone is 5. The van der Waals surface area contributed by atoms with Crippen LogP contribution in [-0.4, -0.2) is 296 Å². The predicted molar refractivity (Wildman–Crippen MR) is 473 cm³/mol. The fraction of sp³-hybridized carbons (Fsp3) is 0.648. The molecule has 696 valence electrons. The molecule has 34 nitrogen and oxygen atoms in total. The zero-order chi connectivity index (χ0) is 90.2. The molecule has 5 aromatic rings. The molecule has 5 aliphatic rings. The molecular weight excluding hydrogens is 1650 g/mol. The number of carbonyl (C=O) groups is 5. The van der Waals surface area contributed by atoms with Crippen LogP contribution in [-0.2, 0) is 105 Å². The van der Waals surface area contributed by atoms with Crippen molar-refractivity contribution >= 4 is 80.7 Å². The highest BCUT2D eigenvalue weighted by atomic mass is 32.1. The quantitative estimate of drug-likeness (QED) is 0.00647. The molecule has 11 N–H and O–H groups in total. The van der Waals surface area contributed by atoms with Crippen molar-refractivity contribution < 1.29 is 110 Å². The number of carbonyl (C=O) groups excluding carboxylic acids is 5. The smallest absolute Gasteiger partial charge is 0.329 e. The summed E-state index contributed by atoms with van der Waals surface area (Å²) >= 11 is 5.59. The van der Waals surface area contributed by atoms with Gasteiger partial charge in [-0.3, -0.25) is 19.2 Å². The molecule has 2 amide bonds. The van der Waals surface area contributed by atoms with Crippen molar-refractivity contribution in [2.75, 3.05) is 151 Å². The van der Waals surface area contributed by atoms with Crippen molar-refractivity contribution in [1.82, 2.24) is 39.8 Å². The molecule has 0 unspecified atom stereocenters. The van der Waals surface area contributed by atoms with Gasteiger partial charge in [0.15, 0.2) is 17.0 Å². The fourth-order valence-corrected chi connectivity index (χ4v) is 17.0. The number of piperidine rings is 1. The molecule has 16 atom stereocenters. The molecule has 0 spiro atoms. The van der Waals surface area contributed by atoms with Gasteiger partial charge in [-0.25, -0.2) is 19.4 Å². The van der Waals surface area contributed by atoms with Crippen molar-refractivity contribution in [2.24, 2.45) is 35.3 Å². The Labute approximate surface area is 743 Å². The Morgan fingerprint density at radius 3 is 2.06 bits per heavy atom. The average Bonchev–Trinajstić information content (AvgIpc) is 1.46. The van der Waals surface area contributed by atoms with Crippen molar-refractivity contribution in [1.29, 1.82) is 0 Å². The van der Waals surface area contributed by atoms with E-state index in [1.807, 2.05) is 65.9 Å². The molecule has 2 saturated heterocycles. The number of nitrogens with one attached hydrogen (secondary N) is 1. The monoisotopic (exact) mass is 1780 g/mol. The van der Waals surface area contributed by atoms with Crippen LogP contribution in [0.15, 0.2) is 94.7 Å². The van der Waals surface area contributed by atoms with E-state index >= 15 is 0 Å². The third-order valence-corrected chi connectivity index (χ3v) is 24.4. The lowest BCUT2D eigenvalue weighted by atomic mass is 9.80. The lowest BCUT2D eigenvalue weighted by molar-refractivity contribution is -0.265. The number of cyclic esters (lactones) is 1. The summed E-state index contributed by atoms with van der Waals surface area (Å²) in [6.07, 6.45) is 10.3. The minimum absolute atomic E-state index is 0.0299. The van der Waals surface area contributed by atoms with Crippen LogP contribution in [0.4, 0.5) is 11.8 Å². The number of aliphatic hydroxyl groups excluding tert-OH is 3. The van der Waals surface area contributed by atoms with Crippen LogP contribution < -0.4 is 22.5 Å². The summed E-state index contributed by atoms with van der Waals surface area (Å²) in [6.45, 7) is 18.6. The summed E-state index contributed by atoms with van der Waals surface area (Å²) in [4.78, 5) is 86.5. The normalized spacial score (nSPS) is 27.0. The molecule has 2 aromatic carbocycles. The number of hydrogen-bond acceptors (Lipinski definition) is 31. The zero-order valence-corrected chi connectivity index (χ0v) is 75.0. The van der Waals surface area contributed by atoms with Crippen molar-refractivity contribution in [3.05, 3.63) is 107 Å². The van der Waals surface area contributed by atoms with Gasteiger partial charge in [0.05, 0.1) is 148 Å². The molecule has 3 aromatic heterocycles. The third kappa shape index (κ3) is 29.2. The van der Waals surface area contributed by atoms with E-state index in [-0.39, 0.29) is 66.7 Å². The van der Waals surface area contributed by atoms with Gasteiger partial charge in [0.2, 0.25) is 11.7 Å². The molecular formula is C91H133N11O23S. The van der Waals surface area contributed by atoms with E-state index in [1.165, 1.54) is 11.9 Å². The predicted octanol–water partition coefficient (Wildman–Crippen LogP) is 7.18. The number of rotatable bonds is 36. The number of fused-ring (bicyclic) bond motifs is 6. The molecule has 3 fully saturated rings. The number of methoxy groups -OCH3 is 2. The Bertz CT molecular complexity index is 4450. The number of nitrogen functional groups attached to an aromatic ring is 2. The van der Waals surface area contributed by atoms with Gasteiger partial charge in [0.25, 0.3) is 22.9 Å². The molecule has 35 heteroatoms. The third-order valence-electron chi connectivity index (χ3n) is 24.2. The number of nitrogens with two attached hydrogens (primary N) is 3. The summed E-state index contributed by atoms with van der Waals surface area (Å²) in [7, 11) is 3.15. The maximum absolute atomic E-state index is 14.7. The van der Waals surface area contributed by atoms with Crippen LogP contribution >= 0.6 is 12.2 Å². The second-order valence-corrected chi connectivity index (χ2v) is 34.0. The number of anilines is 2. The van der Waals surface area contributed by atoms with E-state index in [1.54, 1.807) is 54.1 Å². The van der Waals surface area contributed by atoms with E-state index < -0.39 is 108 Å². The molecule has 2 bridgehead atoms. The van der Waals surface area contributed by atoms with Crippen LogP contribution in [0, 0.1) is 29.6 Å². The summed E-state index contributed by atoms with van der Waals surface area (Å²) in [5, 5.41) is 55.5. The number of amides is 2. The summed E-state index contributed by atoms with van der Waals surface area (Å²) < 4.78 is 83.1. The molecule has 10 rings (SSSR count). The van der Waals surface area contributed by atoms with Crippen LogP contribution in [0.1, 0.15) is 142 Å². The first-order chi connectivity index (χ1) is 60.7. The number of thiocarbonyl (C=S) groups is 1. The zero-order valence-electron chi connectivity index (χ0n) is 74.2. The van der Waals surface area contributed by atoms with E-state index in [9.17, 15) is 44.4 Å². The first kappa shape index (κ1) is 100.0. The van der Waals surface area contributed by atoms with Crippen LogP contribution in [0.3, 0.4) is 0 Å². The van der Waals surface area contributed by atoms with Gasteiger partial charge >= 0.3 is 5.97 Å². The molecule has 4 aliphatic heterocycles. The number of ether oxygens (including phenoxy) is 13. The Morgan fingerprint density at radius 2 is 1.39 bits per heavy atom. The summed E-state index contributed by atoms with van der Waals surface area (Å²) in [5.41, 5.74) is 26.9. The lowest BCUT2D eigenvalue weighted by Crippen LogP contribution is -2.61. The van der Waals surface area contributed by atoms with E-state index in [0.717, 1.165) is 33.6 Å². The van der Waals surface area contributed by atoms with Gasteiger partial charge in [-0.2, -0.15) is 10.1 Å². The first-order valence-corrected chi connectivity index (χ1v) is 44.8. The van der Waals surface area contributed by atoms with Crippen molar-refractivity contribution in [3.63, 3.8) is 0 Å². The van der Waals surface area contributed by atoms with Crippen molar-refractivity contribution in [2.45, 2.75) is 211 Å². The summed E-state index contributed by atoms with van der Waals surface area (Å²) in [6, 6.07) is 9.83. The molecule has 7 heterocycles. The van der Waals surface area contributed by atoms with Gasteiger partial charge in [-0.15, -0.1) is 0 Å². The van der Waals surface area contributed by atoms with Crippen molar-refractivity contribution in [3.8, 4) is 11.3 Å². The highest BCUT2D eigenvalue weighted by molar-refractivity contribution is 7.80. The molecule has 0 radical (unpaired) electrons. The van der Waals surface area contributed by atoms with E-state index in [2.05, 4.69) is 38.5 Å². The largest absolute Gasteiger partial charge is 0.465 e. The molecule has 1 aliphatic carbocycles. The Balaban J connectivity index is 0.548. The second-order valence-electron chi connectivity index (χ2n) is 33.6. The molecule has 1 saturated carbocycles. The van der Waals surface area contributed by atoms with Crippen LogP contribution in [0.5, 0.6) is 0 Å². The van der Waals surface area contributed by atoms with E-state index in [0.29, 0.717) is 223 Å². The maximum Gasteiger partial charge on any atom is 0.329 e. The number of hydrogen-bond donors (Lipinski definition) is 8. The number of nitrogens with zero attached hydrogens (tertiary/aromatic N) is 7. The standard InChI is InChI=1S/C91H133N11O23S/c1-57-14-10-9-11-15-58(2)75(112-7)52-68-22-17-62(6)91(111,125-68)84(108)87(109)101-28-13-12-16-71(101)88(110)122-76(53-72(103)59(3)47-61(5)82(106)83(107)81(105)60(4)46-57)69(92)49-63-19-23-74(77(50-63)113-8)124-90(126)95-27-31-115-33-35-117-37-39-119-41-43-121-45-44-120-42-40-118-38-36-116-34-32-114-30-26-78(104)100-29-25-65-48-64(18-20-67(65)55-100)54-102-86-79(85(93)96-56-97-86)80(99-102)66-21-24-73-70(51-66)98-89(94)123-73/h9-11,14-15,18,20-21,24,47-48,51,56-57,59-60,62-63,68-69,71-72,74-77,82-83,103,106-107,111H,12-13,16-17,19,22-23,25-46,49-50,52-55,92H2,1-8H3,(H2,94,98)(H,95,126)(H2,93,96,97)/b11-9?,14-10+,58-15?,61-47+/t57-,59-,60-,62-,63+,68+,69-,71+,72-,74-,75+,76+,77-,82-,83+,91-/m1/s1. The number of esters is 1. The van der Waals surface area contributed by atoms with Gasteiger partial charge in [-0.1, -0.05) is 82.4 Å². The number of benzene rings is 2. The second kappa shape index (κ2) is 50.7. The minimum Gasteiger partial charge on any atom is -0.465 e. The van der Waals surface area contributed by atoms with E-state index in [4.69, 9.17) is 101 Å². The Kier molecular flexibility index (Phi) is 40.2. The number of oxazole rings is 1. The topological polar surface area (TPSA) is 452 Å². The number of ketones is 2. The van der Waals surface area contributed by atoms with Crippen LogP contribution in [0.2, 0.25) is 0 Å². The average molecular weight is 1780 g/mol. The number of aliphatic hydroxyl groups is 4. The Hall–Kier alpha value is -8.18. The van der Waals surface area contributed by atoms with Gasteiger partial charge in [0.1, 0.15) is 53.8 Å². The summed E-state index contributed by atoms with van der Waals surface area (Å²) in [5.74, 6) is -7.94. The lowest BCUT2D eigenvalue weighted by Gasteiger charge is -2.43. The maximum atomic E-state index is 14.7. The first-order valence-electron chi connectivity index (χ1n) is 44.4. The highest BCUT2D eigenvalue weighted by Gasteiger charge is 2.53. The minimum atomic E-state index is -2.49. The van der Waals surface area contributed by atoms with Gasteiger partial charge in [0, 0.05) is 82.6 Å².